The average Bonchev–Trinajstić information content (AvgIpc) is 3.07. The number of hydrogen-bond donors (Lipinski definition) is 1. The number of carbonyl (C=O) groups is 1. The van der Waals surface area contributed by atoms with Gasteiger partial charge < -0.3 is 19.7 Å². The van der Waals surface area contributed by atoms with Gasteiger partial charge in [0, 0.05) is 56.8 Å². The van der Waals surface area contributed by atoms with Crippen molar-refractivity contribution >= 4 is 11.9 Å². The van der Waals surface area contributed by atoms with E-state index in [1.54, 1.807) is 7.11 Å². The molecule has 2 aromatic rings. The van der Waals surface area contributed by atoms with Gasteiger partial charge in [0.05, 0.1) is 31.6 Å². The summed E-state index contributed by atoms with van der Waals surface area (Å²) in [5.41, 5.74) is 1.88. The number of likely N-dealkylation sites (tertiary alicyclic amines) is 1. The summed E-state index contributed by atoms with van der Waals surface area (Å²) in [6.07, 6.45) is 5.42. The number of ether oxygens (including phenoxy) is 2. The lowest BCUT2D eigenvalue weighted by atomic mass is 9.78. The Morgan fingerprint density at radius 1 is 1.21 bits per heavy atom. The van der Waals surface area contributed by atoms with Gasteiger partial charge in [-0.15, -0.1) is 0 Å². The van der Waals surface area contributed by atoms with Crippen molar-refractivity contribution in [2.24, 2.45) is 0 Å². The monoisotopic (exact) mass is 451 g/mol. The van der Waals surface area contributed by atoms with Crippen molar-refractivity contribution in [3.63, 3.8) is 0 Å². The van der Waals surface area contributed by atoms with Gasteiger partial charge >= 0.3 is 0 Å². The third-order valence-corrected chi connectivity index (χ3v) is 7.17. The minimum absolute atomic E-state index is 0.158. The van der Waals surface area contributed by atoms with Crippen molar-refractivity contribution in [1.82, 2.24) is 20.2 Å². The van der Waals surface area contributed by atoms with Crippen molar-refractivity contribution in [1.29, 1.82) is 0 Å². The van der Waals surface area contributed by atoms with Crippen molar-refractivity contribution in [2.45, 2.75) is 43.7 Å². The summed E-state index contributed by atoms with van der Waals surface area (Å²) in [7, 11) is 1.72. The number of nitrogens with zero attached hydrogens (tertiary/aromatic N) is 4. The molecule has 5 rings (SSSR count). The van der Waals surface area contributed by atoms with Gasteiger partial charge in [0.15, 0.2) is 0 Å². The Labute approximate surface area is 195 Å². The molecule has 0 unspecified atom stereocenters. The Hall–Kier alpha value is -2.71. The zero-order chi connectivity index (χ0) is 22.7. The number of methoxy groups -OCH3 is 1. The van der Waals surface area contributed by atoms with Gasteiger partial charge in [-0.3, -0.25) is 9.69 Å². The predicted molar refractivity (Wildman–Crippen MR) is 125 cm³/mol. The molecule has 1 aromatic carbocycles. The number of para-hydroxylation sites is 1. The van der Waals surface area contributed by atoms with Crippen molar-refractivity contribution < 1.29 is 14.3 Å². The van der Waals surface area contributed by atoms with E-state index >= 15 is 0 Å². The van der Waals surface area contributed by atoms with Crippen LogP contribution in [0.4, 0.5) is 5.95 Å². The van der Waals surface area contributed by atoms with Gasteiger partial charge in [-0.05, 0) is 25.0 Å². The van der Waals surface area contributed by atoms with Crippen LogP contribution in [0.5, 0.6) is 5.75 Å². The molecule has 4 heterocycles. The molecule has 3 saturated heterocycles. The summed E-state index contributed by atoms with van der Waals surface area (Å²) in [5.74, 6) is 1.98. The van der Waals surface area contributed by atoms with Crippen LogP contribution in [0.2, 0.25) is 0 Å². The molecule has 1 aromatic heterocycles. The molecule has 3 aliphatic rings. The summed E-state index contributed by atoms with van der Waals surface area (Å²) in [5, 5.41) is 3.44. The number of morpholine rings is 1. The summed E-state index contributed by atoms with van der Waals surface area (Å²) in [6.45, 7) is 5.43. The van der Waals surface area contributed by atoms with Gasteiger partial charge in [0.25, 0.3) is 0 Å². The molecule has 0 radical (unpaired) electrons. The molecular formula is C25H33N5O3. The highest BCUT2D eigenvalue weighted by molar-refractivity contribution is 5.77. The van der Waals surface area contributed by atoms with Gasteiger partial charge in [0.1, 0.15) is 5.75 Å². The summed E-state index contributed by atoms with van der Waals surface area (Å²) >= 11 is 0. The first-order valence-electron chi connectivity index (χ1n) is 12.0. The van der Waals surface area contributed by atoms with Gasteiger partial charge in [-0.25, -0.2) is 9.97 Å². The predicted octanol–water partition coefficient (Wildman–Crippen LogP) is 2.35. The third kappa shape index (κ3) is 4.68. The Kier molecular flexibility index (Phi) is 6.46. The molecule has 2 atom stereocenters. The molecule has 0 saturated carbocycles. The molecule has 1 amide bonds. The Morgan fingerprint density at radius 3 is 2.91 bits per heavy atom. The minimum Gasteiger partial charge on any atom is -0.496 e. The average molecular weight is 452 g/mol. The fraction of sp³-hybridized carbons (Fsp3) is 0.560. The number of aromatic nitrogens is 2. The van der Waals surface area contributed by atoms with Crippen LogP contribution in [0, 0.1) is 0 Å². The first-order chi connectivity index (χ1) is 16.2. The van der Waals surface area contributed by atoms with Gasteiger partial charge in [-0.1, -0.05) is 24.6 Å². The molecule has 8 heteroatoms. The lowest BCUT2D eigenvalue weighted by Gasteiger charge is -2.35. The number of benzene rings is 1. The van der Waals surface area contributed by atoms with Crippen LogP contribution in [0.25, 0.3) is 0 Å². The number of nitrogens with one attached hydrogen (secondary N) is 1. The zero-order valence-electron chi connectivity index (χ0n) is 19.3. The molecule has 1 N–H and O–H groups in total. The van der Waals surface area contributed by atoms with Crippen LogP contribution < -0.4 is 15.0 Å². The van der Waals surface area contributed by atoms with E-state index in [4.69, 9.17) is 14.5 Å². The van der Waals surface area contributed by atoms with Crippen LogP contribution in [-0.4, -0.2) is 72.8 Å². The van der Waals surface area contributed by atoms with Crippen LogP contribution in [0.3, 0.4) is 0 Å². The quantitative estimate of drug-likeness (QED) is 0.748. The maximum atomic E-state index is 12.7. The normalized spacial score (nSPS) is 26.3. The Bertz CT molecular complexity index is 980. The Balaban J connectivity index is 1.41. The summed E-state index contributed by atoms with van der Waals surface area (Å²) in [6, 6.07) is 10.2. The molecule has 0 aliphatic carbocycles. The van der Waals surface area contributed by atoms with Crippen molar-refractivity contribution in [2.75, 3.05) is 51.4 Å². The molecule has 176 valence electrons. The molecule has 8 nitrogen and oxygen atoms in total. The highest BCUT2D eigenvalue weighted by Crippen LogP contribution is 2.44. The van der Waals surface area contributed by atoms with E-state index in [9.17, 15) is 4.79 Å². The lowest BCUT2D eigenvalue weighted by molar-refractivity contribution is -0.122. The van der Waals surface area contributed by atoms with Gasteiger partial charge in [-0.2, -0.15) is 0 Å². The first-order valence-corrected chi connectivity index (χ1v) is 12.0. The Morgan fingerprint density at radius 2 is 2.06 bits per heavy atom. The molecule has 1 spiro atoms. The van der Waals surface area contributed by atoms with E-state index in [-0.39, 0.29) is 17.4 Å². The first kappa shape index (κ1) is 22.1. The molecule has 3 aliphatic heterocycles. The number of carbonyl (C=O) groups excluding carboxylic acids is 1. The highest BCUT2D eigenvalue weighted by Gasteiger charge is 2.49. The number of hydrogen-bond acceptors (Lipinski definition) is 7. The third-order valence-electron chi connectivity index (χ3n) is 7.17. The van der Waals surface area contributed by atoms with Crippen LogP contribution in [0.15, 0.2) is 36.5 Å². The SMILES string of the molecule is COc1ccccc1[C@@H]1CN(Cc2ccnc(N3CCOCC3)n2)C[C@]12CCCCC(=O)N2. The number of anilines is 1. The van der Waals surface area contributed by atoms with Crippen LogP contribution >= 0.6 is 0 Å². The number of amides is 1. The molecule has 0 bridgehead atoms. The second-order valence-electron chi connectivity index (χ2n) is 9.32. The van der Waals surface area contributed by atoms with Crippen molar-refractivity contribution in [3.05, 3.63) is 47.8 Å². The topological polar surface area (TPSA) is 79.8 Å². The van der Waals surface area contributed by atoms with Crippen molar-refractivity contribution in [3.8, 4) is 5.75 Å². The van der Waals surface area contributed by atoms with E-state index < -0.39 is 0 Å². The largest absolute Gasteiger partial charge is 0.496 e. The van der Waals surface area contributed by atoms with E-state index in [1.165, 1.54) is 5.56 Å². The van der Waals surface area contributed by atoms with E-state index in [0.29, 0.717) is 19.6 Å². The van der Waals surface area contributed by atoms with Gasteiger partial charge in [0.2, 0.25) is 11.9 Å². The summed E-state index contributed by atoms with van der Waals surface area (Å²) < 4.78 is 11.2. The fourth-order valence-electron chi connectivity index (χ4n) is 5.60. The van der Waals surface area contributed by atoms with E-state index in [1.807, 2.05) is 24.4 Å². The molecule has 33 heavy (non-hydrogen) atoms. The molecular weight excluding hydrogens is 418 g/mol. The van der Waals surface area contributed by atoms with Crippen LogP contribution in [-0.2, 0) is 16.1 Å². The minimum atomic E-state index is -0.289. The lowest BCUT2D eigenvalue weighted by Crippen LogP contribution is -2.52. The number of rotatable bonds is 5. The van der Waals surface area contributed by atoms with E-state index in [0.717, 1.165) is 69.4 Å². The van der Waals surface area contributed by atoms with E-state index in [2.05, 4.69) is 32.2 Å². The maximum Gasteiger partial charge on any atom is 0.225 e. The summed E-state index contributed by atoms with van der Waals surface area (Å²) in [4.78, 5) is 26.6. The second-order valence-corrected chi connectivity index (χ2v) is 9.32. The standard InChI is InChI=1S/C25H33N5O3/c1-32-22-7-3-2-6-20(22)21-17-29(18-25(21)10-5-4-8-23(31)28-25)16-19-9-11-26-24(27-19)30-12-14-33-15-13-30/h2-3,6-7,9,11,21H,4-5,8,10,12-18H2,1H3,(H,28,31)/t21-,25+/m0/s1. The van der Waals surface area contributed by atoms with Crippen LogP contribution in [0.1, 0.15) is 42.9 Å². The molecule has 3 fully saturated rings. The highest BCUT2D eigenvalue weighted by atomic mass is 16.5. The maximum absolute atomic E-state index is 12.7. The fourth-order valence-corrected chi connectivity index (χ4v) is 5.60. The smallest absolute Gasteiger partial charge is 0.225 e. The zero-order valence-corrected chi connectivity index (χ0v) is 19.3. The second kappa shape index (κ2) is 9.65.